The molecule has 0 bridgehead atoms. The number of amides is 1. The van der Waals surface area contributed by atoms with Crippen molar-refractivity contribution in [1.82, 2.24) is 25.1 Å². The van der Waals surface area contributed by atoms with E-state index >= 15 is 0 Å². The number of fused-ring (bicyclic) bond motifs is 1. The smallest absolute Gasteiger partial charge is 0.407 e. The Bertz CT molecular complexity index is 421. The molecule has 0 saturated heterocycles. The molecule has 0 aliphatic rings. The summed E-state index contributed by atoms with van der Waals surface area (Å²) in [5.74, 6) is 0. The lowest BCUT2D eigenvalue weighted by Gasteiger charge is -1.98. The monoisotopic (exact) mass is 213 g/mol. The van der Waals surface area contributed by atoms with E-state index in [1.807, 2.05) is 0 Å². The summed E-state index contributed by atoms with van der Waals surface area (Å²) in [7, 11) is 1.31. The number of hydrogen-bond donors (Lipinski definition) is 1. The highest BCUT2D eigenvalue weighted by atomic mass is 32.1. The minimum absolute atomic E-state index is 0.334. The van der Waals surface area contributed by atoms with Gasteiger partial charge in [0, 0.05) is 0 Å². The van der Waals surface area contributed by atoms with Crippen LogP contribution in [0.25, 0.3) is 4.96 Å². The van der Waals surface area contributed by atoms with Crippen molar-refractivity contribution in [3.8, 4) is 0 Å². The minimum Gasteiger partial charge on any atom is -0.453 e. The second-order valence-electron chi connectivity index (χ2n) is 2.40. The van der Waals surface area contributed by atoms with E-state index in [9.17, 15) is 4.79 Å². The summed E-state index contributed by atoms with van der Waals surface area (Å²) < 4.78 is 5.97. The van der Waals surface area contributed by atoms with Crippen LogP contribution in [0.3, 0.4) is 0 Å². The highest BCUT2D eigenvalue weighted by Gasteiger charge is 2.06. The SMILES string of the molecule is COC(=O)NCc1nn2cnnc2s1. The van der Waals surface area contributed by atoms with E-state index in [0.29, 0.717) is 11.5 Å². The van der Waals surface area contributed by atoms with Gasteiger partial charge in [0.25, 0.3) is 0 Å². The number of carbonyl (C=O) groups excluding carboxylic acids is 1. The maximum atomic E-state index is 10.7. The highest BCUT2D eigenvalue weighted by Crippen LogP contribution is 2.10. The fourth-order valence-corrected chi connectivity index (χ4v) is 1.65. The number of methoxy groups -OCH3 is 1. The van der Waals surface area contributed by atoms with Crippen LogP contribution in [0, 0.1) is 0 Å². The van der Waals surface area contributed by atoms with Crippen LogP contribution in [0.1, 0.15) is 5.01 Å². The molecule has 1 amide bonds. The van der Waals surface area contributed by atoms with Gasteiger partial charge in [0.2, 0.25) is 4.96 Å². The first-order valence-electron chi connectivity index (χ1n) is 3.77. The summed E-state index contributed by atoms with van der Waals surface area (Å²) in [6, 6.07) is 0. The first-order valence-corrected chi connectivity index (χ1v) is 4.59. The molecule has 74 valence electrons. The zero-order chi connectivity index (χ0) is 9.97. The van der Waals surface area contributed by atoms with E-state index in [-0.39, 0.29) is 0 Å². The first kappa shape index (κ1) is 8.88. The fraction of sp³-hybridized carbons (Fsp3) is 0.333. The molecule has 0 fully saturated rings. The molecule has 0 spiro atoms. The van der Waals surface area contributed by atoms with E-state index in [4.69, 9.17) is 0 Å². The molecule has 1 N–H and O–H groups in total. The summed E-state index contributed by atoms with van der Waals surface area (Å²) in [6.45, 7) is 0.334. The molecule has 14 heavy (non-hydrogen) atoms. The Morgan fingerprint density at radius 2 is 2.64 bits per heavy atom. The Morgan fingerprint density at radius 3 is 3.36 bits per heavy atom. The summed E-state index contributed by atoms with van der Waals surface area (Å²) in [4.78, 5) is 11.4. The van der Waals surface area contributed by atoms with Crippen molar-refractivity contribution in [3.63, 3.8) is 0 Å². The van der Waals surface area contributed by atoms with Crippen LogP contribution < -0.4 is 5.32 Å². The number of nitrogens with one attached hydrogen (secondary N) is 1. The maximum Gasteiger partial charge on any atom is 0.407 e. The van der Waals surface area contributed by atoms with Gasteiger partial charge in [-0.15, -0.1) is 10.2 Å². The number of aromatic nitrogens is 4. The predicted octanol–water partition coefficient (Wildman–Crippen LogP) is 0.0418. The van der Waals surface area contributed by atoms with E-state index in [1.54, 1.807) is 4.52 Å². The van der Waals surface area contributed by atoms with Gasteiger partial charge in [-0.3, -0.25) is 0 Å². The number of rotatable bonds is 2. The molecule has 8 heteroatoms. The molecule has 2 heterocycles. The summed E-state index contributed by atoms with van der Waals surface area (Å²) in [5, 5.41) is 14.9. The molecule has 0 atom stereocenters. The lowest BCUT2D eigenvalue weighted by Crippen LogP contribution is -2.22. The Balaban J connectivity index is 2.05. The lowest BCUT2D eigenvalue weighted by atomic mass is 10.7. The second-order valence-corrected chi connectivity index (χ2v) is 3.44. The molecule has 7 nitrogen and oxygen atoms in total. The average molecular weight is 213 g/mol. The van der Waals surface area contributed by atoms with Crippen molar-refractivity contribution in [2.75, 3.05) is 7.11 Å². The molecule has 2 aromatic heterocycles. The molecule has 0 unspecified atom stereocenters. The number of ether oxygens (including phenoxy) is 1. The van der Waals surface area contributed by atoms with E-state index in [1.165, 1.54) is 24.8 Å². The Morgan fingerprint density at radius 1 is 1.79 bits per heavy atom. The average Bonchev–Trinajstić information content (AvgIpc) is 2.73. The Labute approximate surface area is 82.7 Å². The predicted molar refractivity (Wildman–Crippen MR) is 47.9 cm³/mol. The topological polar surface area (TPSA) is 81.4 Å². The van der Waals surface area contributed by atoms with Crippen molar-refractivity contribution in [1.29, 1.82) is 0 Å². The molecule has 0 saturated carbocycles. The van der Waals surface area contributed by atoms with Crippen molar-refractivity contribution in [2.45, 2.75) is 6.54 Å². The van der Waals surface area contributed by atoms with Crippen molar-refractivity contribution in [3.05, 3.63) is 11.3 Å². The molecular formula is C6H7N5O2S. The summed E-state index contributed by atoms with van der Waals surface area (Å²) in [6.07, 6.45) is 1.03. The molecule has 0 aliphatic carbocycles. The zero-order valence-electron chi connectivity index (χ0n) is 7.30. The van der Waals surface area contributed by atoms with Crippen molar-refractivity contribution in [2.24, 2.45) is 0 Å². The van der Waals surface area contributed by atoms with Gasteiger partial charge in [-0.05, 0) is 0 Å². The van der Waals surface area contributed by atoms with Crippen LogP contribution in [0.4, 0.5) is 4.79 Å². The number of alkyl carbamates (subject to hydrolysis) is 1. The van der Waals surface area contributed by atoms with E-state index in [0.717, 1.165) is 5.01 Å². The molecule has 2 rings (SSSR count). The van der Waals surface area contributed by atoms with Crippen LogP contribution in [-0.2, 0) is 11.3 Å². The van der Waals surface area contributed by atoms with Crippen LogP contribution in [0.5, 0.6) is 0 Å². The summed E-state index contributed by atoms with van der Waals surface area (Å²) >= 11 is 1.36. The molecule has 0 aliphatic heterocycles. The number of carbonyl (C=O) groups is 1. The van der Waals surface area contributed by atoms with Crippen LogP contribution in [0.15, 0.2) is 6.33 Å². The maximum absolute atomic E-state index is 10.7. The van der Waals surface area contributed by atoms with Gasteiger partial charge in [-0.25, -0.2) is 4.79 Å². The Kier molecular flexibility index (Phi) is 2.27. The van der Waals surface area contributed by atoms with Gasteiger partial charge < -0.3 is 10.1 Å². The third-order valence-electron chi connectivity index (χ3n) is 1.50. The molecule has 0 radical (unpaired) electrons. The van der Waals surface area contributed by atoms with E-state index in [2.05, 4.69) is 25.3 Å². The van der Waals surface area contributed by atoms with Gasteiger partial charge in [0.05, 0.1) is 13.7 Å². The highest BCUT2D eigenvalue weighted by molar-refractivity contribution is 7.16. The second kappa shape index (κ2) is 3.58. The normalized spacial score (nSPS) is 10.4. The zero-order valence-corrected chi connectivity index (χ0v) is 8.11. The fourth-order valence-electron chi connectivity index (χ4n) is 0.892. The molecule has 0 aromatic carbocycles. The largest absolute Gasteiger partial charge is 0.453 e. The van der Waals surface area contributed by atoms with Gasteiger partial charge in [0.15, 0.2) is 0 Å². The standard InChI is InChI=1S/C6H7N5O2S/c1-13-6(12)7-2-4-10-11-3-8-9-5(11)14-4/h3H,2H2,1H3,(H,7,12). The van der Waals surface area contributed by atoms with E-state index < -0.39 is 6.09 Å². The lowest BCUT2D eigenvalue weighted by molar-refractivity contribution is 0.170. The molecular weight excluding hydrogens is 206 g/mol. The van der Waals surface area contributed by atoms with Gasteiger partial charge >= 0.3 is 6.09 Å². The van der Waals surface area contributed by atoms with Crippen LogP contribution in [0.2, 0.25) is 0 Å². The van der Waals surface area contributed by atoms with Gasteiger partial charge in [-0.2, -0.15) is 9.61 Å². The minimum atomic E-state index is -0.476. The summed E-state index contributed by atoms with van der Waals surface area (Å²) in [5.41, 5.74) is 0. The third-order valence-corrected chi connectivity index (χ3v) is 2.41. The molecule has 2 aromatic rings. The van der Waals surface area contributed by atoms with Gasteiger partial charge in [0.1, 0.15) is 11.3 Å². The number of hydrogen-bond acceptors (Lipinski definition) is 6. The Hall–Kier alpha value is -1.70. The number of nitrogens with zero attached hydrogens (tertiary/aromatic N) is 4. The third kappa shape index (κ3) is 1.64. The van der Waals surface area contributed by atoms with Gasteiger partial charge in [-0.1, -0.05) is 11.3 Å². The van der Waals surface area contributed by atoms with Crippen LogP contribution in [-0.4, -0.2) is 33.0 Å². The first-order chi connectivity index (χ1) is 6.79. The van der Waals surface area contributed by atoms with Crippen LogP contribution >= 0.6 is 11.3 Å². The van der Waals surface area contributed by atoms with Crippen molar-refractivity contribution < 1.29 is 9.53 Å². The quantitative estimate of drug-likeness (QED) is 0.761. The van der Waals surface area contributed by atoms with Crippen molar-refractivity contribution >= 4 is 22.4 Å².